The molecule has 17 nitrogen and oxygen atoms in total. The summed E-state index contributed by atoms with van der Waals surface area (Å²) < 4.78 is 69.1. The third-order valence-electron chi connectivity index (χ3n) is 8.64. The van der Waals surface area contributed by atoms with Crippen LogP contribution in [0, 0.1) is 0 Å². The Labute approximate surface area is 391 Å². The number of aliphatic hydroxyl groups excluding tert-OH is 2. The average Bonchev–Trinajstić information content (AvgIpc) is 3.20. The van der Waals surface area contributed by atoms with E-state index in [9.17, 15) is 46.4 Å². The van der Waals surface area contributed by atoms with E-state index in [0.29, 0.717) is 16.9 Å². The van der Waals surface area contributed by atoms with E-state index < -0.39 is 58.8 Å². The van der Waals surface area contributed by atoms with Crippen molar-refractivity contribution in [3.05, 3.63) is 139 Å². The van der Waals surface area contributed by atoms with E-state index in [1.165, 1.54) is 60.7 Å². The maximum atomic E-state index is 13.4. The summed E-state index contributed by atoms with van der Waals surface area (Å²) in [5, 5.41) is 63.8. The molecule has 0 aliphatic heterocycles. The first-order chi connectivity index (χ1) is 28.0. The van der Waals surface area contributed by atoms with Gasteiger partial charge in [-0.05, 0) is 119 Å². The van der Waals surface area contributed by atoms with Gasteiger partial charge in [-0.15, -0.1) is 10.2 Å². The van der Waals surface area contributed by atoms with E-state index >= 15 is 0 Å². The molecule has 21 heteroatoms. The molecule has 0 unspecified atom stereocenters. The molecule has 7 aromatic rings. The first-order valence-electron chi connectivity index (χ1n) is 17.0. The van der Waals surface area contributed by atoms with Gasteiger partial charge in [0.15, 0.2) is 0 Å². The number of aliphatic hydroxyl groups is 2. The van der Waals surface area contributed by atoms with Crippen LogP contribution in [0.3, 0.4) is 0 Å². The Morgan fingerprint density at radius 2 is 0.869 bits per heavy atom. The van der Waals surface area contributed by atoms with Crippen molar-refractivity contribution in [1.29, 1.82) is 0 Å². The van der Waals surface area contributed by atoms with Crippen LogP contribution in [0.2, 0.25) is 0 Å². The number of hydrogen-bond acceptors (Lipinski definition) is 13. The summed E-state index contributed by atoms with van der Waals surface area (Å²) in [5.41, 5.74) is 6.15. The number of nitrogen functional groups attached to an aromatic ring is 1. The van der Waals surface area contributed by atoms with E-state index in [1.54, 1.807) is 54.6 Å². The van der Waals surface area contributed by atoms with Gasteiger partial charge < -0.3 is 26.2 Å². The van der Waals surface area contributed by atoms with Crippen LogP contribution in [-0.2, 0) is 20.2 Å². The fourth-order valence-electron chi connectivity index (χ4n) is 5.77. The SMILES string of the molecule is Nc1ccc(C(O)=Nc2ccc3c([O-])c(N=Nc4ccc(C(O)=Nc5ccc6c([O-])c(N=Nc7ccccc7)c(S(=O)(=O)O)cc6c5)cc4)c(S(=O)(=O)O)cc3c2)cc1.[Na+].[Na+]. The van der Waals surface area contributed by atoms with Crippen LogP contribution in [0.4, 0.5) is 39.8 Å². The Morgan fingerprint density at radius 1 is 0.492 bits per heavy atom. The van der Waals surface area contributed by atoms with Crippen LogP contribution < -0.4 is 75.1 Å². The molecule has 0 aromatic heterocycles. The van der Waals surface area contributed by atoms with Gasteiger partial charge in [0.05, 0.1) is 34.1 Å². The predicted octanol–water partition coefficient (Wildman–Crippen LogP) is 2.33. The van der Waals surface area contributed by atoms with Crippen LogP contribution in [0.15, 0.2) is 168 Å². The number of anilines is 1. The van der Waals surface area contributed by atoms with Crippen molar-refractivity contribution in [1.82, 2.24) is 0 Å². The van der Waals surface area contributed by atoms with Crippen molar-refractivity contribution >= 4 is 93.4 Å². The first kappa shape index (κ1) is 46.5. The molecule has 0 spiro atoms. The summed E-state index contributed by atoms with van der Waals surface area (Å²) in [6.07, 6.45) is 0. The Hall–Kier alpha value is -5.58. The number of benzene rings is 7. The summed E-state index contributed by atoms with van der Waals surface area (Å²) >= 11 is 0. The number of hydrogen-bond donors (Lipinski definition) is 5. The molecule has 0 fully saturated rings. The van der Waals surface area contributed by atoms with Gasteiger partial charge >= 0.3 is 59.1 Å². The normalized spacial score (nSPS) is 12.5. The van der Waals surface area contributed by atoms with Gasteiger partial charge in [0.25, 0.3) is 20.2 Å². The number of fused-ring (bicyclic) bond motifs is 2. The molecule has 0 atom stereocenters. The Bertz CT molecular complexity index is 3150. The molecule has 0 aliphatic carbocycles. The predicted molar refractivity (Wildman–Crippen MR) is 216 cm³/mol. The van der Waals surface area contributed by atoms with Crippen molar-refractivity contribution in [2.24, 2.45) is 30.4 Å². The second kappa shape index (κ2) is 19.0. The molecule has 0 radical (unpaired) electrons. The molecule has 0 saturated carbocycles. The van der Waals surface area contributed by atoms with Crippen molar-refractivity contribution in [3.63, 3.8) is 0 Å². The number of rotatable bonds is 10. The summed E-state index contributed by atoms with van der Waals surface area (Å²) in [5.74, 6) is -2.55. The number of nitrogens with two attached hydrogens (primary N) is 1. The van der Waals surface area contributed by atoms with E-state index in [2.05, 4.69) is 30.4 Å². The van der Waals surface area contributed by atoms with Crippen molar-refractivity contribution < 1.29 is 105 Å². The third-order valence-corrected chi connectivity index (χ3v) is 10.4. The van der Waals surface area contributed by atoms with Crippen molar-refractivity contribution in [2.75, 3.05) is 5.73 Å². The Balaban J connectivity index is 0.00000352. The molecule has 61 heavy (non-hydrogen) atoms. The third kappa shape index (κ3) is 10.7. The molecule has 0 aliphatic rings. The summed E-state index contributed by atoms with van der Waals surface area (Å²) in [7, 11) is -9.92. The van der Waals surface area contributed by atoms with Crippen LogP contribution in [-0.4, -0.2) is 47.9 Å². The monoisotopic (exact) mass is 875 g/mol. The number of nitrogens with zero attached hydrogens (tertiary/aromatic N) is 6. The average molecular weight is 876 g/mol. The zero-order valence-corrected chi connectivity index (χ0v) is 37.6. The first-order valence-corrected chi connectivity index (χ1v) is 19.8. The minimum Gasteiger partial charge on any atom is -0.871 e. The van der Waals surface area contributed by atoms with E-state index in [1.807, 2.05) is 0 Å². The molecular weight excluding hydrogens is 849 g/mol. The standard InChI is InChI=1S/C40H29N7O10S2.2Na/c41-26-10-6-22(7-11-26)39(50)42-29-14-16-32-24(18-29)21-34(59(55,56)57)36(38(32)49)47-45-28-12-8-23(9-13-28)40(51)43-30-15-17-31-25(19-30)20-33(58(52,53)54)35(37(31)48)46-44-27-4-2-1-3-5-27;;/h1-21,48-49H,41H2,(H,42,50)(H,43,51)(H,52,53,54)(H,55,56,57);;/q;2*+1/p-2. The van der Waals surface area contributed by atoms with Crippen molar-refractivity contribution in [2.45, 2.75) is 9.79 Å². The fourth-order valence-corrected chi connectivity index (χ4v) is 7.07. The van der Waals surface area contributed by atoms with Gasteiger partial charge in [-0.2, -0.15) is 27.1 Å². The molecule has 296 valence electrons. The van der Waals surface area contributed by atoms with E-state index in [4.69, 9.17) is 5.73 Å². The fraction of sp³-hybridized carbons (Fsp3) is 0. The zero-order valence-electron chi connectivity index (χ0n) is 31.9. The van der Waals surface area contributed by atoms with Gasteiger partial charge in [-0.3, -0.25) is 9.11 Å². The maximum Gasteiger partial charge on any atom is 1.00 e. The molecule has 7 aromatic carbocycles. The van der Waals surface area contributed by atoms with Crippen LogP contribution >= 0.6 is 0 Å². The molecule has 0 saturated heterocycles. The van der Waals surface area contributed by atoms with Gasteiger partial charge in [-0.25, -0.2) is 9.98 Å². The minimum absolute atomic E-state index is 0. The smallest absolute Gasteiger partial charge is 0.871 e. The molecule has 0 heterocycles. The topological polar surface area (TPSA) is 296 Å². The maximum absolute atomic E-state index is 13.4. The minimum atomic E-state index is -4.99. The second-order valence-corrected chi connectivity index (χ2v) is 15.4. The Morgan fingerprint density at radius 3 is 1.28 bits per heavy atom. The van der Waals surface area contributed by atoms with Crippen LogP contribution in [0.5, 0.6) is 11.5 Å². The molecule has 6 N–H and O–H groups in total. The molecule has 0 amide bonds. The summed E-state index contributed by atoms with van der Waals surface area (Å²) in [4.78, 5) is 6.67. The second-order valence-electron chi connectivity index (χ2n) is 12.6. The van der Waals surface area contributed by atoms with Crippen LogP contribution in [0.1, 0.15) is 11.1 Å². The molecular formula is C40H27N7Na2O10S2. The quantitative estimate of drug-likeness (QED) is 0.0332. The largest absolute Gasteiger partial charge is 1.00 e. The Kier molecular flexibility index (Phi) is 14.5. The number of azo groups is 2. The van der Waals surface area contributed by atoms with Gasteiger partial charge in [-0.1, -0.05) is 41.8 Å². The molecule has 7 rings (SSSR count). The number of aliphatic imine (C=N–C) groups is 2. The van der Waals surface area contributed by atoms with Crippen molar-refractivity contribution in [3.8, 4) is 11.5 Å². The van der Waals surface area contributed by atoms with Gasteiger partial charge in [0.2, 0.25) is 11.8 Å². The molecule has 0 bridgehead atoms. The van der Waals surface area contributed by atoms with Gasteiger partial charge in [0.1, 0.15) is 9.79 Å². The zero-order chi connectivity index (χ0) is 42.1. The summed E-state index contributed by atoms with van der Waals surface area (Å²) in [6.45, 7) is 0. The van der Waals surface area contributed by atoms with Crippen LogP contribution in [0.25, 0.3) is 21.5 Å². The van der Waals surface area contributed by atoms with E-state index in [0.717, 1.165) is 12.1 Å². The van der Waals surface area contributed by atoms with Gasteiger partial charge in [0, 0.05) is 16.8 Å². The van der Waals surface area contributed by atoms with E-state index in [-0.39, 0.29) is 109 Å². The summed E-state index contributed by atoms with van der Waals surface area (Å²) in [6, 6.07) is 30.2.